The van der Waals surface area contributed by atoms with E-state index in [9.17, 15) is 9.90 Å². The number of ether oxygens (including phenoxy) is 1. The molecule has 0 aromatic carbocycles. The van der Waals surface area contributed by atoms with E-state index in [4.69, 9.17) is 4.74 Å². The van der Waals surface area contributed by atoms with E-state index in [1.807, 2.05) is 30.3 Å². The van der Waals surface area contributed by atoms with Gasteiger partial charge in [0, 0.05) is 45.1 Å². The van der Waals surface area contributed by atoms with Crippen molar-refractivity contribution in [2.75, 3.05) is 53.0 Å². The molecule has 1 N–H and O–H groups in total. The molecule has 2 fully saturated rings. The number of likely N-dealkylation sites (N-methyl/N-ethyl adjacent to an activating group) is 1. The highest BCUT2D eigenvalue weighted by atomic mass is 16.5. The van der Waals surface area contributed by atoms with Gasteiger partial charge >= 0.3 is 0 Å². The van der Waals surface area contributed by atoms with Crippen LogP contribution < -0.4 is 0 Å². The smallest absolute Gasteiger partial charge is 0.236 e. The van der Waals surface area contributed by atoms with Gasteiger partial charge in [-0.2, -0.15) is 0 Å². The maximum Gasteiger partial charge on any atom is 0.236 e. The summed E-state index contributed by atoms with van der Waals surface area (Å²) in [6, 6.07) is 3.93. The van der Waals surface area contributed by atoms with Crippen LogP contribution >= 0.6 is 0 Å². The lowest BCUT2D eigenvalue weighted by atomic mass is 10.2. The van der Waals surface area contributed by atoms with Crippen LogP contribution in [0.3, 0.4) is 0 Å². The van der Waals surface area contributed by atoms with Gasteiger partial charge in [-0.25, -0.2) is 0 Å². The van der Waals surface area contributed by atoms with Crippen molar-refractivity contribution in [2.45, 2.75) is 18.7 Å². The van der Waals surface area contributed by atoms with Crippen LogP contribution in [0.5, 0.6) is 0 Å². The Morgan fingerprint density at radius 1 is 1.42 bits per heavy atom. The van der Waals surface area contributed by atoms with Gasteiger partial charge in [0.1, 0.15) is 0 Å². The fourth-order valence-electron chi connectivity index (χ4n) is 3.43. The molecule has 1 aromatic heterocycles. The zero-order chi connectivity index (χ0) is 16.9. The van der Waals surface area contributed by atoms with Gasteiger partial charge in [0.05, 0.1) is 31.9 Å². The molecule has 0 unspecified atom stereocenters. The highest BCUT2D eigenvalue weighted by molar-refractivity contribution is 5.78. The highest BCUT2D eigenvalue weighted by Crippen LogP contribution is 2.18. The van der Waals surface area contributed by atoms with E-state index in [1.54, 1.807) is 11.1 Å². The monoisotopic (exact) mass is 334 g/mol. The number of aliphatic hydroxyl groups excluding tert-OH is 1. The first-order chi connectivity index (χ1) is 11.6. The van der Waals surface area contributed by atoms with Crippen LogP contribution in [0.1, 0.15) is 5.56 Å². The average Bonchev–Trinajstić information content (AvgIpc) is 2.98. The maximum atomic E-state index is 12.5. The van der Waals surface area contributed by atoms with Crippen molar-refractivity contribution in [3.05, 3.63) is 30.1 Å². The largest absolute Gasteiger partial charge is 0.390 e. The summed E-state index contributed by atoms with van der Waals surface area (Å²) in [5.74, 6) is 0.0659. The molecule has 2 aliphatic heterocycles. The fraction of sp³-hybridized carbons (Fsp3) is 0.647. The van der Waals surface area contributed by atoms with E-state index in [0.29, 0.717) is 39.4 Å². The first-order valence-electron chi connectivity index (χ1n) is 8.48. The number of β-amino-alcohol motifs (C(OH)–C–C–N with tert-alkyl or cyclic N) is 1. The molecule has 1 amide bonds. The zero-order valence-corrected chi connectivity index (χ0v) is 14.2. The molecule has 1 aromatic rings. The van der Waals surface area contributed by atoms with Crippen LogP contribution in [0.2, 0.25) is 0 Å². The molecule has 0 saturated carbocycles. The van der Waals surface area contributed by atoms with Crippen LogP contribution in [0.25, 0.3) is 0 Å². The molecule has 7 heteroatoms. The first-order valence-corrected chi connectivity index (χ1v) is 8.48. The Kier molecular flexibility index (Phi) is 5.78. The quantitative estimate of drug-likeness (QED) is 0.777. The first kappa shape index (κ1) is 17.3. The SMILES string of the molecule is CN(CC(=O)N1C[C@@H](O)[C@H](N2CCOCC2)C1)Cc1cccnc1. The molecule has 3 rings (SSSR count). The van der Waals surface area contributed by atoms with Gasteiger partial charge in [0.25, 0.3) is 0 Å². The minimum Gasteiger partial charge on any atom is -0.390 e. The Hall–Kier alpha value is -1.54. The lowest BCUT2D eigenvalue weighted by Crippen LogP contribution is -2.49. The molecular weight excluding hydrogens is 308 g/mol. The number of morpholine rings is 1. The minimum absolute atomic E-state index is 0.0291. The second-order valence-electron chi connectivity index (χ2n) is 6.62. The van der Waals surface area contributed by atoms with E-state index in [-0.39, 0.29) is 11.9 Å². The summed E-state index contributed by atoms with van der Waals surface area (Å²) < 4.78 is 5.36. The third kappa shape index (κ3) is 4.30. The Morgan fingerprint density at radius 2 is 2.21 bits per heavy atom. The predicted molar refractivity (Wildman–Crippen MR) is 89.3 cm³/mol. The molecule has 0 bridgehead atoms. The predicted octanol–water partition coefficient (Wildman–Crippen LogP) is -0.583. The van der Waals surface area contributed by atoms with E-state index in [2.05, 4.69) is 9.88 Å². The normalized spacial score (nSPS) is 25.4. The third-order valence-corrected chi connectivity index (χ3v) is 4.71. The number of hydrogen-bond acceptors (Lipinski definition) is 6. The molecule has 0 aliphatic carbocycles. The topological polar surface area (TPSA) is 69.1 Å². The molecule has 3 heterocycles. The summed E-state index contributed by atoms with van der Waals surface area (Å²) in [6.45, 7) is 5.09. The number of aliphatic hydroxyl groups is 1. The highest BCUT2D eigenvalue weighted by Gasteiger charge is 2.38. The van der Waals surface area contributed by atoms with Gasteiger partial charge in [-0.1, -0.05) is 6.07 Å². The summed E-state index contributed by atoms with van der Waals surface area (Å²) in [7, 11) is 1.93. The van der Waals surface area contributed by atoms with Crippen LogP contribution in [0, 0.1) is 0 Å². The maximum absolute atomic E-state index is 12.5. The molecular formula is C17H26N4O3. The van der Waals surface area contributed by atoms with Gasteiger partial charge in [-0.3, -0.25) is 19.6 Å². The van der Waals surface area contributed by atoms with Crippen LogP contribution in [0.4, 0.5) is 0 Å². The average molecular weight is 334 g/mol. The number of pyridine rings is 1. The number of aromatic nitrogens is 1. The summed E-state index contributed by atoms with van der Waals surface area (Å²) in [4.78, 5) is 22.6. The summed E-state index contributed by atoms with van der Waals surface area (Å²) in [5.41, 5.74) is 1.08. The second-order valence-corrected chi connectivity index (χ2v) is 6.62. The molecule has 2 saturated heterocycles. The number of hydrogen-bond donors (Lipinski definition) is 1. The zero-order valence-electron chi connectivity index (χ0n) is 14.2. The van der Waals surface area contributed by atoms with Gasteiger partial charge in [0.15, 0.2) is 0 Å². The van der Waals surface area contributed by atoms with Crippen molar-refractivity contribution >= 4 is 5.91 Å². The second kappa shape index (κ2) is 8.02. The molecule has 2 atom stereocenters. The van der Waals surface area contributed by atoms with E-state index in [0.717, 1.165) is 18.7 Å². The number of amides is 1. The Bertz CT molecular complexity index is 536. The van der Waals surface area contributed by atoms with Crippen molar-refractivity contribution in [3.8, 4) is 0 Å². The molecule has 2 aliphatic rings. The fourth-order valence-corrected chi connectivity index (χ4v) is 3.43. The Labute approximate surface area is 142 Å². The summed E-state index contributed by atoms with van der Waals surface area (Å²) in [5, 5.41) is 10.3. The van der Waals surface area contributed by atoms with Crippen LogP contribution in [-0.4, -0.2) is 95.8 Å². The van der Waals surface area contributed by atoms with Gasteiger partial charge in [-0.05, 0) is 18.7 Å². The Morgan fingerprint density at radius 3 is 2.92 bits per heavy atom. The van der Waals surface area contributed by atoms with Crippen molar-refractivity contribution in [1.29, 1.82) is 0 Å². The van der Waals surface area contributed by atoms with Gasteiger partial charge in [-0.15, -0.1) is 0 Å². The third-order valence-electron chi connectivity index (χ3n) is 4.71. The lowest BCUT2D eigenvalue weighted by Gasteiger charge is -2.33. The molecule has 24 heavy (non-hydrogen) atoms. The number of likely N-dealkylation sites (tertiary alicyclic amines) is 1. The number of carbonyl (C=O) groups is 1. The number of nitrogens with zero attached hydrogens (tertiary/aromatic N) is 4. The lowest BCUT2D eigenvalue weighted by molar-refractivity contribution is -0.131. The molecule has 7 nitrogen and oxygen atoms in total. The molecule has 0 radical (unpaired) electrons. The van der Waals surface area contributed by atoms with Crippen molar-refractivity contribution in [1.82, 2.24) is 19.7 Å². The summed E-state index contributed by atoms with van der Waals surface area (Å²) in [6.07, 6.45) is 3.08. The van der Waals surface area contributed by atoms with E-state index in [1.165, 1.54) is 0 Å². The standard InChI is InChI=1S/C17H26N4O3/c1-19(10-14-3-2-4-18-9-14)13-17(23)21-11-15(16(22)12-21)20-5-7-24-8-6-20/h2-4,9,15-16,22H,5-8,10-13H2,1H3/t15-,16-/m1/s1. The van der Waals surface area contributed by atoms with Gasteiger partial charge in [0.2, 0.25) is 5.91 Å². The van der Waals surface area contributed by atoms with E-state index < -0.39 is 6.10 Å². The molecule has 0 spiro atoms. The summed E-state index contributed by atoms with van der Waals surface area (Å²) >= 11 is 0. The van der Waals surface area contributed by atoms with Crippen LogP contribution in [0.15, 0.2) is 24.5 Å². The number of carbonyl (C=O) groups excluding carboxylic acids is 1. The van der Waals surface area contributed by atoms with Crippen molar-refractivity contribution < 1.29 is 14.6 Å². The number of rotatable bonds is 5. The van der Waals surface area contributed by atoms with Crippen LogP contribution in [-0.2, 0) is 16.1 Å². The van der Waals surface area contributed by atoms with E-state index >= 15 is 0 Å². The molecule has 132 valence electrons. The van der Waals surface area contributed by atoms with Crippen molar-refractivity contribution in [3.63, 3.8) is 0 Å². The Balaban J connectivity index is 1.50. The minimum atomic E-state index is -0.476. The van der Waals surface area contributed by atoms with Crippen molar-refractivity contribution in [2.24, 2.45) is 0 Å². The van der Waals surface area contributed by atoms with Gasteiger partial charge < -0.3 is 14.7 Å².